The van der Waals surface area contributed by atoms with Gasteiger partial charge in [0.25, 0.3) is 0 Å². The van der Waals surface area contributed by atoms with Crippen LogP contribution < -0.4 is 11.0 Å². The van der Waals surface area contributed by atoms with Crippen molar-refractivity contribution in [3.8, 4) is 0 Å². The lowest BCUT2D eigenvalue weighted by Gasteiger charge is -2.23. The smallest absolute Gasteiger partial charge is 0.317 e. The minimum absolute atomic E-state index is 0. The molecule has 4 nitrogen and oxygen atoms in total. The van der Waals surface area contributed by atoms with Gasteiger partial charge in [-0.3, -0.25) is 4.57 Å². The van der Waals surface area contributed by atoms with Crippen LogP contribution in [0.15, 0.2) is 16.9 Å². The Bertz CT molecular complexity index is 641. The average Bonchev–Trinajstić information content (AvgIpc) is 2.66. The maximum Gasteiger partial charge on any atom is 0.326 e. The van der Waals surface area contributed by atoms with Gasteiger partial charge in [-0.25, -0.2) is 4.79 Å². The molecule has 1 fully saturated rings. The van der Waals surface area contributed by atoms with Crippen molar-refractivity contribution in [3.63, 3.8) is 0 Å². The molecule has 0 atom stereocenters. The van der Waals surface area contributed by atoms with Crippen LogP contribution in [0.5, 0.6) is 0 Å². The summed E-state index contributed by atoms with van der Waals surface area (Å²) in [6.45, 7) is 3.90. The number of nitrogens with zero attached hydrogens (tertiary/aromatic N) is 1. The summed E-state index contributed by atoms with van der Waals surface area (Å²) in [6, 6.07) is 4.12. The van der Waals surface area contributed by atoms with E-state index in [-0.39, 0.29) is 24.1 Å². The van der Waals surface area contributed by atoms with Crippen LogP contribution >= 0.6 is 24.0 Å². The molecule has 0 aliphatic carbocycles. The Kier molecular flexibility index (Phi) is 4.23. The van der Waals surface area contributed by atoms with Crippen molar-refractivity contribution in [2.24, 2.45) is 0 Å². The third-order valence-electron chi connectivity index (χ3n) is 3.67. The third kappa shape index (κ3) is 2.53. The highest BCUT2D eigenvalue weighted by molar-refractivity contribution is 6.32. The molecule has 0 amide bonds. The molecule has 1 aromatic heterocycles. The summed E-state index contributed by atoms with van der Waals surface area (Å²) < 4.78 is 1.89. The fourth-order valence-electron chi connectivity index (χ4n) is 2.68. The van der Waals surface area contributed by atoms with Gasteiger partial charge in [0.05, 0.1) is 11.0 Å². The van der Waals surface area contributed by atoms with E-state index in [1.807, 2.05) is 23.6 Å². The number of fused-ring (bicyclic) bond motifs is 1. The van der Waals surface area contributed by atoms with Gasteiger partial charge in [-0.05, 0) is 50.6 Å². The molecule has 2 aromatic rings. The Morgan fingerprint density at radius 2 is 2.00 bits per heavy atom. The molecular formula is C13H17Cl2N3O. The number of hydrogen-bond acceptors (Lipinski definition) is 2. The van der Waals surface area contributed by atoms with Gasteiger partial charge in [0.2, 0.25) is 0 Å². The number of halogens is 2. The van der Waals surface area contributed by atoms with Crippen LogP contribution in [0.25, 0.3) is 11.0 Å². The summed E-state index contributed by atoms with van der Waals surface area (Å²) in [5.74, 6) is 0. The van der Waals surface area contributed by atoms with Gasteiger partial charge >= 0.3 is 5.69 Å². The van der Waals surface area contributed by atoms with Crippen LogP contribution in [0.1, 0.15) is 24.4 Å². The number of imidazole rings is 1. The van der Waals surface area contributed by atoms with Gasteiger partial charge < -0.3 is 10.3 Å². The number of aryl methyl sites for hydroxylation is 1. The second-order valence-electron chi connectivity index (χ2n) is 4.90. The van der Waals surface area contributed by atoms with Crippen LogP contribution in [-0.2, 0) is 0 Å². The summed E-state index contributed by atoms with van der Waals surface area (Å²) >= 11 is 6.09. The predicted octanol–water partition coefficient (Wildman–Crippen LogP) is 2.64. The number of benzene rings is 1. The lowest BCUT2D eigenvalue weighted by molar-refractivity contribution is 0.368. The molecule has 104 valence electrons. The van der Waals surface area contributed by atoms with Crippen molar-refractivity contribution in [3.05, 3.63) is 33.2 Å². The monoisotopic (exact) mass is 301 g/mol. The summed E-state index contributed by atoms with van der Waals surface area (Å²) in [5.41, 5.74) is 2.77. The predicted molar refractivity (Wildman–Crippen MR) is 80.7 cm³/mol. The first-order valence-electron chi connectivity index (χ1n) is 6.28. The molecule has 0 unspecified atom stereocenters. The Hall–Kier alpha value is -0.970. The van der Waals surface area contributed by atoms with Gasteiger partial charge in [0.15, 0.2) is 0 Å². The third-order valence-corrected chi connectivity index (χ3v) is 4.08. The number of hydrogen-bond donors (Lipinski definition) is 2. The molecule has 0 saturated carbocycles. The Morgan fingerprint density at radius 3 is 2.68 bits per heavy atom. The van der Waals surface area contributed by atoms with Gasteiger partial charge in [0, 0.05) is 11.1 Å². The van der Waals surface area contributed by atoms with Crippen LogP contribution in [0, 0.1) is 6.92 Å². The number of aromatic nitrogens is 2. The lowest BCUT2D eigenvalue weighted by Crippen LogP contribution is -2.33. The summed E-state index contributed by atoms with van der Waals surface area (Å²) in [5, 5.41) is 4.01. The van der Waals surface area contributed by atoms with Crippen molar-refractivity contribution in [2.75, 3.05) is 13.1 Å². The van der Waals surface area contributed by atoms with E-state index in [0.717, 1.165) is 42.5 Å². The molecule has 1 aromatic carbocycles. The summed E-state index contributed by atoms with van der Waals surface area (Å²) in [6.07, 6.45) is 1.99. The minimum Gasteiger partial charge on any atom is -0.317 e. The van der Waals surface area contributed by atoms with E-state index in [9.17, 15) is 4.79 Å². The Balaban J connectivity index is 0.00000133. The summed E-state index contributed by atoms with van der Waals surface area (Å²) in [7, 11) is 0. The molecule has 3 rings (SSSR count). The fraction of sp³-hybridized carbons (Fsp3) is 0.462. The SMILES string of the molecule is Cc1cc2c(cc1Cl)[nH]c(=O)n2C1CCNCC1.Cl. The highest BCUT2D eigenvalue weighted by Crippen LogP contribution is 2.26. The van der Waals surface area contributed by atoms with E-state index < -0.39 is 0 Å². The van der Waals surface area contributed by atoms with Crippen molar-refractivity contribution >= 4 is 35.0 Å². The molecule has 2 heterocycles. The van der Waals surface area contributed by atoms with Gasteiger partial charge in [0.1, 0.15) is 0 Å². The Labute approximate surface area is 122 Å². The van der Waals surface area contributed by atoms with Crippen LogP contribution in [-0.4, -0.2) is 22.6 Å². The highest BCUT2D eigenvalue weighted by Gasteiger charge is 2.19. The molecule has 1 aliphatic rings. The van der Waals surface area contributed by atoms with E-state index in [1.54, 1.807) is 0 Å². The highest BCUT2D eigenvalue weighted by atomic mass is 35.5. The summed E-state index contributed by atoms with van der Waals surface area (Å²) in [4.78, 5) is 15.0. The zero-order chi connectivity index (χ0) is 12.7. The van der Waals surface area contributed by atoms with Gasteiger partial charge in [-0.1, -0.05) is 11.6 Å². The molecule has 1 aliphatic heterocycles. The molecule has 1 saturated heterocycles. The van der Waals surface area contributed by atoms with E-state index >= 15 is 0 Å². The molecule has 0 spiro atoms. The number of rotatable bonds is 1. The van der Waals surface area contributed by atoms with Crippen molar-refractivity contribution in [1.29, 1.82) is 0 Å². The molecule has 19 heavy (non-hydrogen) atoms. The van der Waals surface area contributed by atoms with Crippen molar-refractivity contribution in [1.82, 2.24) is 14.9 Å². The first-order chi connectivity index (χ1) is 8.66. The van der Waals surface area contributed by atoms with E-state index in [1.165, 1.54) is 0 Å². The molecule has 6 heteroatoms. The van der Waals surface area contributed by atoms with Crippen LogP contribution in [0.3, 0.4) is 0 Å². The number of aromatic amines is 1. The van der Waals surface area contributed by atoms with E-state index in [0.29, 0.717) is 5.02 Å². The fourth-order valence-corrected chi connectivity index (χ4v) is 2.84. The first kappa shape index (κ1) is 14.4. The maximum absolute atomic E-state index is 12.1. The van der Waals surface area contributed by atoms with Crippen LogP contribution in [0.4, 0.5) is 0 Å². The number of nitrogens with one attached hydrogen (secondary N) is 2. The molecular weight excluding hydrogens is 285 g/mol. The second-order valence-corrected chi connectivity index (χ2v) is 5.31. The largest absolute Gasteiger partial charge is 0.326 e. The second kappa shape index (κ2) is 5.57. The number of H-pyrrole nitrogens is 1. The van der Waals surface area contributed by atoms with Crippen LogP contribution in [0.2, 0.25) is 5.02 Å². The zero-order valence-electron chi connectivity index (χ0n) is 10.7. The quantitative estimate of drug-likeness (QED) is 0.851. The maximum atomic E-state index is 12.1. The first-order valence-corrected chi connectivity index (χ1v) is 6.65. The topological polar surface area (TPSA) is 49.8 Å². The molecule has 0 bridgehead atoms. The van der Waals surface area contributed by atoms with Crippen molar-refractivity contribution in [2.45, 2.75) is 25.8 Å². The zero-order valence-corrected chi connectivity index (χ0v) is 12.3. The van der Waals surface area contributed by atoms with E-state index in [4.69, 9.17) is 11.6 Å². The standard InChI is InChI=1S/C13H16ClN3O.ClH/c1-8-6-12-11(7-10(8)14)16-13(18)17(12)9-2-4-15-5-3-9;/h6-7,9,15H,2-5H2,1H3,(H,16,18);1H. The normalized spacial score (nSPS) is 16.5. The lowest BCUT2D eigenvalue weighted by atomic mass is 10.1. The van der Waals surface area contributed by atoms with Gasteiger partial charge in [-0.2, -0.15) is 0 Å². The number of piperidine rings is 1. The van der Waals surface area contributed by atoms with Crippen molar-refractivity contribution < 1.29 is 0 Å². The molecule has 0 radical (unpaired) electrons. The van der Waals surface area contributed by atoms with Gasteiger partial charge in [-0.15, -0.1) is 12.4 Å². The molecule has 2 N–H and O–H groups in total. The van der Waals surface area contributed by atoms with E-state index in [2.05, 4.69) is 10.3 Å². The average molecular weight is 302 g/mol. The Morgan fingerprint density at radius 1 is 1.32 bits per heavy atom. The minimum atomic E-state index is -0.0291.